The fourth-order valence-corrected chi connectivity index (χ4v) is 1.16. The Balaban J connectivity index is 0. The third-order valence-electron chi connectivity index (χ3n) is 2.97. The minimum atomic E-state index is -5.66. The van der Waals surface area contributed by atoms with Gasteiger partial charge in [-0.25, -0.2) is 8.78 Å². The van der Waals surface area contributed by atoms with Gasteiger partial charge in [-0.15, -0.1) is 0 Å². The SMILES string of the molecule is CC(F)(CC(OCOC(CF)C(F)(F)F)C(F)(F)F)C(F)(F)F.CCC(F)(F)F. The molecule has 2 nitrogen and oxygen atoms in total. The van der Waals surface area contributed by atoms with Crippen LogP contribution in [0.1, 0.15) is 26.7 Å². The summed E-state index contributed by atoms with van der Waals surface area (Å²) in [4.78, 5) is 0. The first kappa shape index (κ1) is 30.1. The standard InChI is InChI=1S/C10H11F11O2.C3H5F3/c1-7(12,10(19,20)21)2-5(8(13,14)15)22-4-23-6(3-11)9(16,17)18;1-2-3(4,5)6/h5-6H,2-4H2,1H3;2H2,1H3. The minimum Gasteiger partial charge on any atom is -0.343 e. The predicted octanol–water partition coefficient (Wildman–Crippen LogP) is 6.45. The summed E-state index contributed by atoms with van der Waals surface area (Å²) < 4.78 is 175. The normalized spacial score (nSPS) is 17.8. The second kappa shape index (κ2) is 10.8. The van der Waals surface area contributed by atoms with E-state index in [1.54, 1.807) is 0 Å². The molecule has 0 aromatic rings. The van der Waals surface area contributed by atoms with Crippen molar-refractivity contribution in [3.05, 3.63) is 0 Å². The quantitative estimate of drug-likeness (QED) is 0.315. The maximum atomic E-state index is 13.2. The highest BCUT2D eigenvalue weighted by Crippen LogP contribution is 2.40. The van der Waals surface area contributed by atoms with Gasteiger partial charge in [-0.2, -0.15) is 52.7 Å². The molecule has 0 aromatic carbocycles. The molecule has 0 aliphatic carbocycles. The van der Waals surface area contributed by atoms with Crippen molar-refractivity contribution >= 4 is 0 Å². The van der Waals surface area contributed by atoms with Gasteiger partial charge in [0, 0.05) is 12.8 Å². The molecule has 0 amide bonds. The Morgan fingerprint density at radius 3 is 1.28 bits per heavy atom. The smallest absolute Gasteiger partial charge is 0.343 e. The van der Waals surface area contributed by atoms with Crippen LogP contribution in [0.3, 0.4) is 0 Å². The molecule has 0 rings (SSSR count). The molecule has 0 aliphatic rings. The number of rotatable bonds is 7. The van der Waals surface area contributed by atoms with Gasteiger partial charge in [0.05, 0.1) is 0 Å². The van der Waals surface area contributed by atoms with E-state index >= 15 is 0 Å². The lowest BCUT2D eigenvalue weighted by atomic mass is 9.99. The molecule has 0 fully saturated rings. The number of hydrogen-bond acceptors (Lipinski definition) is 2. The van der Waals surface area contributed by atoms with Crippen molar-refractivity contribution < 1.29 is 70.9 Å². The minimum absolute atomic E-state index is 0.184. The zero-order valence-electron chi connectivity index (χ0n) is 14.6. The molecular weight excluding hydrogens is 454 g/mol. The van der Waals surface area contributed by atoms with Crippen LogP contribution in [0.25, 0.3) is 0 Å². The highest BCUT2D eigenvalue weighted by molar-refractivity contribution is 4.87. The molecule has 0 saturated heterocycles. The molecule has 0 radical (unpaired) electrons. The summed E-state index contributed by atoms with van der Waals surface area (Å²) in [7, 11) is 0. The fourth-order valence-electron chi connectivity index (χ4n) is 1.16. The molecule has 0 aromatic heterocycles. The van der Waals surface area contributed by atoms with Crippen LogP contribution in [-0.4, -0.2) is 56.0 Å². The second-order valence-corrected chi connectivity index (χ2v) is 5.53. The van der Waals surface area contributed by atoms with Gasteiger partial charge in [-0.1, -0.05) is 6.92 Å². The third kappa shape index (κ3) is 13.0. The van der Waals surface area contributed by atoms with Gasteiger partial charge in [0.1, 0.15) is 13.5 Å². The molecule has 3 atom stereocenters. The number of halogens is 14. The van der Waals surface area contributed by atoms with Crippen molar-refractivity contribution in [2.45, 2.75) is 69.3 Å². The van der Waals surface area contributed by atoms with E-state index in [-0.39, 0.29) is 6.92 Å². The van der Waals surface area contributed by atoms with E-state index in [1.165, 1.54) is 0 Å². The van der Waals surface area contributed by atoms with Crippen molar-refractivity contribution in [3.63, 3.8) is 0 Å². The first-order valence-electron chi connectivity index (χ1n) is 7.33. The molecule has 178 valence electrons. The Bertz CT molecular complexity index is 448. The fraction of sp³-hybridized carbons (Fsp3) is 1.00. The molecule has 0 aliphatic heterocycles. The Morgan fingerprint density at radius 2 is 1.03 bits per heavy atom. The molecule has 3 unspecified atom stereocenters. The van der Waals surface area contributed by atoms with Crippen LogP contribution in [0.4, 0.5) is 61.5 Å². The number of ether oxygens (including phenoxy) is 2. The average Bonchev–Trinajstić information content (AvgIpc) is 2.46. The van der Waals surface area contributed by atoms with E-state index in [0.29, 0.717) is 0 Å². The average molecular weight is 470 g/mol. The molecule has 29 heavy (non-hydrogen) atoms. The Kier molecular flexibility index (Phi) is 11.2. The summed E-state index contributed by atoms with van der Waals surface area (Å²) in [6.45, 7) is -3.07. The zero-order chi connectivity index (χ0) is 23.9. The van der Waals surface area contributed by atoms with Gasteiger partial charge in [0.2, 0.25) is 5.67 Å². The highest BCUT2D eigenvalue weighted by atomic mass is 19.4. The van der Waals surface area contributed by atoms with Gasteiger partial charge in [0.15, 0.2) is 12.2 Å². The summed E-state index contributed by atoms with van der Waals surface area (Å²) in [6, 6.07) is 0. The predicted molar refractivity (Wildman–Crippen MR) is 69.2 cm³/mol. The molecule has 16 heteroatoms. The van der Waals surface area contributed by atoms with Gasteiger partial charge in [0.25, 0.3) is 0 Å². The van der Waals surface area contributed by atoms with E-state index in [2.05, 4.69) is 9.47 Å². The van der Waals surface area contributed by atoms with Crippen molar-refractivity contribution in [2.75, 3.05) is 13.5 Å². The third-order valence-corrected chi connectivity index (χ3v) is 2.97. The van der Waals surface area contributed by atoms with Crippen LogP contribution in [0, 0.1) is 0 Å². The van der Waals surface area contributed by atoms with E-state index in [1.807, 2.05) is 0 Å². The largest absolute Gasteiger partial charge is 0.422 e. The Labute approximate surface area is 155 Å². The molecule has 0 heterocycles. The Morgan fingerprint density at radius 1 is 0.690 bits per heavy atom. The lowest BCUT2D eigenvalue weighted by Crippen LogP contribution is -2.46. The van der Waals surface area contributed by atoms with Crippen molar-refractivity contribution in [1.29, 1.82) is 0 Å². The van der Waals surface area contributed by atoms with Crippen molar-refractivity contribution in [1.82, 2.24) is 0 Å². The van der Waals surface area contributed by atoms with Crippen molar-refractivity contribution in [3.8, 4) is 0 Å². The topological polar surface area (TPSA) is 18.5 Å². The van der Waals surface area contributed by atoms with Crippen molar-refractivity contribution in [2.24, 2.45) is 0 Å². The van der Waals surface area contributed by atoms with Crippen LogP contribution in [0.2, 0.25) is 0 Å². The van der Waals surface area contributed by atoms with Gasteiger partial charge in [-0.05, 0) is 6.92 Å². The lowest BCUT2D eigenvalue weighted by molar-refractivity contribution is -0.296. The second-order valence-electron chi connectivity index (χ2n) is 5.53. The highest BCUT2D eigenvalue weighted by Gasteiger charge is 2.57. The molecule has 0 bridgehead atoms. The summed E-state index contributed by atoms with van der Waals surface area (Å²) in [5.41, 5.74) is -4.31. The first-order chi connectivity index (χ1) is 12.6. The Hall–Kier alpha value is -1.06. The van der Waals surface area contributed by atoms with E-state index in [9.17, 15) is 61.5 Å². The zero-order valence-corrected chi connectivity index (χ0v) is 14.6. The van der Waals surface area contributed by atoms with Crippen LogP contribution in [0.15, 0.2) is 0 Å². The first-order valence-corrected chi connectivity index (χ1v) is 7.33. The molecular formula is C13H16F14O2. The van der Waals surface area contributed by atoms with Gasteiger partial charge in [-0.3, -0.25) is 0 Å². The van der Waals surface area contributed by atoms with E-state index in [4.69, 9.17) is 0 Å². The number of hydrogen-bond donors (Lipinski definition) is 0. The summed E-state index contributed by atoms with van der Waals surface area (Å²) in [5.74, 6) is 0. The maximum absolute atomic E-state index is 13.2. The monoisotopic (exact) mass is 470 g/mol. The molecule has 0 spiro atoms. The van der Waals surface area contributed by atoms with Crippen LogP contribution in [-0.2, 0) is 9.47 Å². The van der Waals surface area contributed by atoms with Crippen LogP contribution < -0.4 is 0 Å². The summed E-state index contributed by atoms with van der Waals surface area (Å²) >= 11 is 0. The van der Waals surface area contributed by atoms with Crippen LogP contribution >= 0.6 is 0 Å². The van der Waals surface area contributed by atoms with E-state index < -0.39 is 68.9 Å². The maximum Gasteiger partial charge on any atom is 0.422 e. The summed E-state index contributed by atoms with van der Waals surface area (Å²) in [6.07, 6.45) is -29.9. The van der Waals surface area contributed by atoms with E-state index in [0.717, 1.165) is 6.92 Å². The summed E-state index contributed by atoms with van der Waals surface area (Å²) in [5, 5.41) is 0. The van der Waals surface area contributed by atoms with Gasteiger partial charge < -0.3 is 9.47 Å². The van der Waals surface area contributed by atoms with Crippen LogP contribution in [0.5, 0.6) is 0 Å². The number of alkyl halides is 14. The van der Waals surface area contributed by atoms with Gasteiger partial charge >= 0.3 is 24.7 Å². The molecule has 0 saturated carbocycles. The lowest BCUT2D eigenvalue weighted by Gasteiger charge is -2.29. The molecule has 0 N–H and O–H groups in total.